The van der Waals surface area contributed by atoms with Gasteiger partial charge in [-0.1, -0.05) is 31.2 Å². The van der Waals surface area contributed by atoms with Gasteiger partial charge in [-0.05, 0) is 24.0 Å². The third-order valence-corrected chi connectivity index (χ3v) is 4.97. The number of rotatable bonds is 7. The van der Waals surface area contributed by atoms with Gasteiger partial charge < -0.3 is 5.73 Å². The van der Waals surface area contributed by atoms with Gasteiger partial charge in [0.15, 0.2) is 0 Å². The van der Waals surface area contributed by atoms with E-state index in [1.165, 1.54) is 4.31 Å². The van der Waals surface area contributed by atoms with E-state index in [2.05, 4.69) is 4.72 Å². The SMILES string of the molecule is CCN(Cc1ccccc1CN)S(=O)(=O)NC1CC1. The summed E-state index contributed by atoms with van der Waals surface area (Å²) in [7, 11) is -3.39. The van der Waals surface area contributed by atoms with Crippen LogP contribution in [0.3, 0.4) is 0 Å². The smallest absolute Gasteiger partial charge is 0.279 e. The molecule has 6 heteroatoms. The molecule has 0 saturated heterocycles. The fourth-order valence-corrected chi connectivity index (χ4v) is 3.41. The van der Waals surface area contributed by atoms with Crippen LogP contribution < -0.4 is 10.5 Å². The average Bonchev–Trinajstić information content (AvgIpc) is 3.19. The molecule has 5 nitrogen and oxygen atoms in total. The zero-order valence-electron chi connectivity index (χ0n) is 11.2. The Morgan fingerprint density at radius 3 is 2.47 bits per heavy atom. The lowest BCUT2D eigenvalue weighted by molar-refractivity contribution is 0.413. The van der Waals surface area contributed by atoms with Crippen LogP contribution in [0.15, 0.2) is 24.3 Å². The van der Waals surface area contributed by atoms with Crippen molar-refractivity contribution in [1.82, 2.24) is 9.03 Å². The molecule has 1 aliphatic carbocycles. The van der Waals surface area contributed by atoms with E-state index in [1.807, 2.05) is 31.2 Å². The number of nitrogens with one attached hydrogen (secondary N) is 1. The van der Waals surface area contributed by atoms with Gasteiger partial charge in [0.25, 0.3) is 10.2 Å². The Hall–Kier alpha value is -0.950. The summed E-state index contributed by atoms with van der Waals surface area (Å²) in [5.74, 6) is 0. The Kier molecular flexibility index (Phi) is 4.57. The Balaban J connectivity index is 2.13. The van der Waals surface area contributed by atoms with Crippen molar-refractivity contribution in [1.29, 1.82) is 0 Å². The highest BCUT2D eigenvalue weighted by Gasteiger charge is 2.30. The van der Waals surface area contributed by atoms with Crippen molar-refractivity contribution in [2.24, 2.45) is 5.73 Å². The zero-order chi connectivity index (χ0) is 13.9. The monoisotopic (exact) mass is 283 g/mol. The van der Waals surface area contributed by atoms with Gasteiger partial charge in [0, 0.05) is 25.7 Å². The van der Waals surface area contributed by atoms with E-state index in [9.17, 15) is 8.42 Å². The second-order valence-corrected chi connectivity index (χ2v) is 6.50. The third kappa shape index (κ3) is 3.76. The number of nitrogens with zero attached hydrogens (tertiary/aromatic N) is 1. The second-order valence-electron chi connectivity index (χ2n) is 4.80. The van der Waals surface area contributed by atoms with Gasteiger partial charge in [-0.3, -0.25) is 0 Å². The lowest BCUT2D eigenvalue weighted by Gasteiger charge is -2.22. The summed E-state index contributed by atoms with van der Waals surface area (Å²) < 4.78 is 28.6. The normalized spacial score (nSPS) is 15.9. The molecule has 0 spiro atoms. The van der Waals surface area contributed by atoms with Crippen LogP contribution >= 0.6 is 0 Å². The molecule has 1 saturated carbocycles. The molecule has 0 aromatic heterocycles. The third-order valence-electron chi connectivity index (χ3n) is 3.27. The van der Waals surface area contributed by atoms with Crippen LogP contribution in [0.1, 0.15) is 30.9 Å². The van der Waals surface area contributed by atoms with Crippen LogP contribution in [-0.2, 0) is 23.3 Å². The van der Waals surface area contributed by atoms with Crippen molar-refractivity contribution in [3.8, 4) is 0 Å². The van der Waals surface area contributed by atoms with E-state index < -0.39 is 10.2 Å². The average molecular weight is 283 g/mol. The maximum Gasteiger partial charge on any atom is 0.279 e. The lowest BCUT2D eigenvalue weighted by Crippen LogP contribution is -2.41. The molecule has 0 aliphatic heterocycles. The van der Waals surface area contributed by atoms with Crippen molar-refractivity contribution < 1.29 is 8.42 Å². The van der Waals surface area contributed by atoms with Gasteiger partial charge in [-0.2, -0.15) is 17.4 Å². The molecule has 1 fully saturated rings. The molecule has 1 aliphatic rings. The van der Waals surface area contributed by atoms with Gasteiger partial charge in [-0.15, -0.1) is 0 Å². The molecular weight excluding hydrogens is 262 g/mol. The van der Waals surface area contributed by atoms with Crippen molar-refractivity contribution in [3.05, 3.63) is 35.4 Å². The lowest BCUT2D eigenvalue weighted by atomic mass is 10.1. The molecular formula is C13H21N3O2S. The molecule has 0 unspecified atom stereocenters. The van der Waals surface area contributed by atoms with E-state index in [0.29, 0.717) is 19.6 Å². The van der Waals surface area contributed by atoms with Gasteiger partial charge in [0.2, 0.25) is 0 Å². The molecule has 0 heterocycles. The summed E-state index contributed by atoms with van der Waals surface area (Å²) in [4.78, 5) is 0. The van der Waals surface area contributed by atoms with Crippen LogP contribution in [0.25, 0.3) is 0 Å². The minimum absolute atomic E-state index is 0.129. The first-order chi connectivity index (χ1) is 9.06. The first kappa shape index (κ1) is 14.5. The predicted octanol–water partition coefficient (Wildman–Crippen LogP) is 0.964. The van der Waals surface area contributed by atoms with Crippen molar-refractivity contribution in [3.63, 3.8) is 0 Å². The highest BCUT2D eigenvalue weighted by atomic mass is 32.2. The molecule has 0 bridgehead atoms. The van der Waals surface area contributed by atoms with E-state index in [1.54, 1.807) is 0 Å². The highest BCUT2D eigenvalue weighted by molar-refractivity contribution is 7.87. The first-order valence-corrected chi connectivity index (χ1v) is 8.05. The van der Waals surface area contributed by atoms with E-state index in [-0.39, 0.29) is 6.04 Å². The second kappa shape index (κ2) is 6.00. The summed E-state index contributed by atoms with van der Waals surface area (Å²) in [6.45, 7) is 3.08. The van der Waals surface area contributed by atoms with Crippen molar-refractivity contribution in [2.45, 2.75) is 38.9 Å². The van der Waals surface area contributed by atoms with Crippen LogP contribution in [0.4, 0.5) is 0 Å². The Labute approximate surface area is 115 Å². The highest BCUT2D eigenvalue weighted by Crippen LogP contribution is 2.21. The molecule has 106 valence electrons. The van der Waals surface area contributed by atoms with E-state index >= 15 is 0 Å². The Morgan fingerprint density at radius 1 is 1.32 bits per heavy atom. The molecule has 19 heavy (non-hydrogen) atoms. The first-order valence-electron chi connectivity index (χ1n) is 6.61. The zero-order valence-corrected chi connectivity index (χ0v) is 12.0. The topological polar surface area (TPSA) is 75.4 Å². The summed E-state index contributed by atoms with van der Waals surface area (Å²) in [5.41, 5.74) is 7.64. The maximum atomic E-state index is 12.2. The van der Waals surface area contributed by atoms with Crippen LogP contribution in [0.2, 0.25) is 0 Å². The molecule has 1 aromatic rings. The number of hydrogen-bond donors (Lipinski definition) is 2. The summed E-state index contributed by atoms with van der Waals surface area (Å²) in [5, 5.41) is 0. The molecule has 0 atom stereocenters. The van der Waals surface area contributed by atoms with Crippen LogP contribution in [0.5, 0.6) is 0 Å². The summed E-state index contributed by atoms with van der Waals surface area (Å²) in [6, 6.07) is 7.81. The van der Waals surface area contributed by atoms with Crippen LogP contribution in [0, 0.1) is 0 Å². The van der Waals surface area contributed by atoms with Gasteiger partial charge in [0.1, 0.15) is 0 Å². The predicted molar refractivity (Wildman–Crippen MR) is 75.5 cm³/mol. The number of nitrogens with two attached hydrogens (primary N) is 1. The number of benzene rings is 1. The standard InChI is InChI=1S/C13H21N3O2S/c1-2-16(19(17,18)15-13-7-8-13)10-12-6-4-3-5-11(12)9-14/h3-6,13,15H,2,7-10,14H2,1H3. The largest absolute Gasteiger partial charge is 0.326 e. The van der Waals surface area contributed by atoms with E-state index in [4.69, 9.17) is 5.73 Å². The van der Waals surface area contributed by atoms with Crippen LogP contribution in [-0.4, -0.2) is 25.3 Å². The molecule has 0 amide bonds. The minimum Gasteiger partial charge on any atom is -0.326 e. The van der Waals surface area contributed by atoms with E-state index in [0.717, 1.165) is 24.0 Å². The van der Waals surface area contributed by atoms with Gasteiger partial charge in [-0.25, -0.2) is 0 Å². The fraction of sp³-hybridized carbons (Fsp3) is 0.538. The van der Waals surface area contributed by atoms with Gasteiger partial charge in [0.05, 0.1) is 0 Å². The molecule has 3 N–H and O–H groups in total. The molecule has 1 aromatic carbocycles. The quantitative estimate of drug-likeness (QED) is 0.783. The Bertz CT molecular complexity index is 526. The Morgan fingerprint density at radius 2 is 1.95 bits per heavy atom. The van der Waals surface area contributed by atoms with Crippen molar-refractivity contribution in [2.75, 3.05) is 6.54 Å². The minimum atomic E-state index is -3.39. The molecule has 2 rings (SSSR count). The van der Waals surface area contributed by atoms with Crippen molar-refractivity contribution >= 4 is 10.2 Å². The maximum absolute atomic E-state index is 12.2. The molecule has 0 radical (unpaired) electrons. The summed E-state index contributed by atoms with van der Waals surface area (Å²) >= 11 is 0. The fourth-order valence-electron chi connectivity index (χ4n) is 1.95. The summed E-state index contributed by atoms with van der Waals surface area (Å²) in [6.07, 6.45) is 1.88. The number of hydrogen-bond acceptors (Lipinski definition) is 3. The van der Waals surface area contributed by atoms with Gasteiger partial charge >= 0.3 is 0 Å².